The van der Waals surface area contributed by atoms with Gasteiger partial charge in [-0.15, -0.1) is 11.3 Å². The molecule has 0 saturated heterocycles. The Balaban J connectivity index is 1.24. The summed E-state index contributed by atoms with van der Waals surface area (Å²) in [5.74, 6) is 0.694. The first-order valence-electron chi connectivity index (χ1n) is 18.6. The lowest BCUT2D eigenvalue weighted by Crippen LogP contribution is -1.97. The van der Waals surface area contributed by atoms with Crippen LogP contribution in [0.5, 0.6) is 0 Å². The van der Waals surface area contributed by atoms with E-state index < -0.39 is 0 Å². The predicted molar refractivity (Wildman–Crippen MR) is 233 cm³/mol. The molecule has 10 rings (SSSR count). The van der Waals surface area contributed by atoms with Gasteiger partial charge in [-0.05, 0) is 74.8 Å². The van der Waals surface area contributed by atoms with Crippen LogP contribution in [0, 0.1) is 0 Å². The van der Waals surface area contributed by atoms with Crippen molar-refractivity contribution in [3.8, 4) is 78.4 Å². The summed E-state index contributed by atoms with van der Waals surface area (Å²) in [7, 11) is 0. The van der Waals surface area contributed by atoms with E-state index in [0.717, 1.165) is 50.3 Å². The Hall–Kier alpha value is -6.94. The van der Waals surface area contributed by atoms with E-state index in [4.69, 9.17) is 9.97 Å². The predicted octanol–water partition coefficient (Wildman–Crippen LogP) is 14.5. The molecule has 0 spiro atoms. The van der Waals surface area contributed by atoms with Crippen LogP contribution in [0.2, 0.25) is 0 Å². The first-order chi connectivity index (χ1) is 27.3. The number of nitrogens with zero attached hydrogens (tertiary/aromatic N) is 2. The van der Waals surface area contributed by atoms with E-state index >= 15 is 0 Å². The zero-order chi connectivity index (χ0) is 36.6. The molecule has 10 aromatic rings. The van der Waals surface area contributed by atoms with Crippen molar-refractivity contribution in [3.63, 3.8) is 0 Å². The summed E-state index contributed by atoms with van der Waals surface area (Å²) in [4.78, 5) is 10.6. The molecule has 0 saturated carbocycles. The number of hydrogen-bond donors (Lipinski definition) is 0. The molecule has 0 aliphatic carbocycles. The molecular weight excluding hydrogens is 685 g/mol. The molecule has 0 aliphatic rings. The van der Waals surface area contributed by atoms with Gasteiger partial charge in [-0.1, -0.05) is 176 Å². The minimum absolute atomic E-state index is 0.694. The van der Waals surface area contributed by atoms with Gasteiger partial charge in [0.25, 0.3) is 0 Å². The van der Waals surface area contributed by atoms with Gasteiger partial charge < -0.3 is 0 Å². The molecule has 2 aromatic heterocycles. The number of rotatable bonds is 7. The summed E-state index contributed by atoms with van der Waals surface area (Å²) in [6.07, 6.45) is 0. The Kier molecular flexibility index (Phi) is 8.40. The van der Waals surface area contributed by atoms with Crippen molar-refractivity contribution in [2.75, 3.05) is 0 Å². The van der Waals surface area contributed by atoms with Crippen molar-refractivity contribution in [1.82, 2.24) is 9.97 Å². The third-order valence-electron chi connectivity index (χ3n) is 10.3. The van der Waals surface area contributed by atoms with Crippen LogP contribution >= 0.6 is 11.3 Å². The summed E-state index contributed by atoms with van der Waals surface area (Å²) in [6.45, 7) is 0. The summed E-state index contributed by atoms with van der Waals surface area (Å²) < 4.78 is 2.58. The van der Waals surface area contributed by atoms with E-state index in [0.29, 0.717) is 5.82 Å². The van der Waals surface area contributed by atoms with Crippen molar-refractivity contribution < 1.29 is 0 Å². The SMILES string of the molecule is c1ccc(-c2nc(-c3cc(-c4ccccc4-c4ccccc4)cc(-c4cccc5c4sc4ccccc45)c3)cc(-c3ccccc3-c3ccccc3)n2)cc1. The molecule has 0 amide bonds. The molecule has 0 unspecified atom stereocenters. The van der Waals surface area contributed by atoms with E-state index in [-0.39, 0.29) is 0 Å². The normalized spacial score (nSPS) is 11.3. The highest BCUT2D eigenvalue weighted by Gasteiger charge is 2.18. The van der Waals surface area contributed by atoms with Gasteiger partial charge in [0.15, 0.2) is 5.82 Å². The lowest BCUT2D eigenvalue weighted by atomic mass is 9.90. The van der Waals surface area contributed by atoms with Crippen LogP contribution in [-0.2, 0) is 0 Å². The number of benzene rings is 8. The average Bonchev–Trinajstić information content (AvgIpc) is 3.66. The molecule has 0 N–H and O–H groups in total. The quantitative estimate of drug-likeness (QED) is 0.164. The molecule has 3 heteroatoms. The van der Waals surface area contributed by atoms with Crippen LogP contribution in [0.1, 0.15) is 0 Å². The maximum Gasteiger partial charge on any atom is 0.160 e. The van der Waals surface area contributed by atoms with Gasteiger partial charge in [-0.3, -0.25) is 0 Å². The number of fused-ring (bicyclic) bond motifs is 3. The molecule has 2 nitrogen and oxygen atoms in total. The van der Waals surface area contributed by atoms with Gasteiger partial charge in [0.1, 0.15) is 0 Å². The zero-order valence-electron chi connectivity index (χ0n) is 29.9. The van der Waals surface area contributed by atoms with E-state index in [1.54, 1.807) is 0 Å². The monoisotopic (exact) mass is 718 g/mol. The van der Waals surface area contributed by atoms with E-state index in [1.165, 1.54) is 42.4 Å². The first kappa shape index (κ1) is 32.7. The number of thiophene rings is 1. The fourth-order valence-corrected chi connectivity index (χ4v) is 8.93. The molecule has 0 fully saturated rings. The average molecular weight is 719 g/mol. The minimum Gasteiger partial charge on any atom is -0.228 e. The Labute approximate surface area is 324 Å². The van der Waals surface area contributed by atoms with Crippen LogP contribution in [-0.4, -0.2) is 9.97 Å². The van der Waals surface area contributed by atoms with Gasteiger partial charge in [-0.25, -0.2) is 9.97 Å². The van der Waals surface area contributed by atoms with Crippen LogP contribution in [0.15, 0.2) is 206 Å². The summed E-state index contributed by atoms with van der Waals surface area (Å²) in [6, 6.07) is 73.4. The fraction of sp³-hybridized carbons (Fsp3) is 0. The molecule has 0 atom stereocenters. The van der Waals surface area contributed by atoms with E-state index in [1.807, 2.05) is 29.5 Å². The molecular formula is C52H34N2S. The summed E-state index contributed by atoms with van der Waals surface area (Å²) >= 11 is 1.86. The molecule has 0 aliphatic heterocycles. The number of aromatic nitrogens is 2. The number of hydrogen-bond acceptors (Lipinski definition) is 3. The fourth-order valence-electron chi connectivity index (χ4n) is 7.69. The maximum atomic E-state index is 5.34. The molecule has 55 heavy (non-hydrogen) atoms. The van der Waals surface area contributed by atoms with Crippen LogP contribution in [0.3, 0.4) is 0 Å². The molecule has 0 bridgehead atoms. The van der Waals surface area contributed by atoms with Crippen molar-refractivity contribution in [3.05, 3.63) is 206 Å². The van der Waals surface area contributed by atoms with Crippen LogP contribution < -0.4 is 0 Å². The van der Waals surface area contributed by atoms with Gasteiger partial charge in [0, 0.05) is 36.9 Å². The largest absolute Gasteiger partial charge is 0.228 e. The standard InChI is InChI=1S/C52H34N2S/c1-4-17-35(18-5-1)41-23-10-11-25-43(41)38-31-39(44-28-16-29-47-46-27-14-15-30-50(46)55-51(44)47)33-40(32-38)48-34-49(54-52(53-48)37-21-8-3-9-22-37)45-26-13-12-24-42(45)36-19-6-2-7-20-36/h1-34H. The highest BCUT2D eigenvalue weighted by molar-refractivity contribution is 7.26. The van der Waals surface area contributed by atoms with E-state index in [2.05, 4.69) is 188 Å². The summed E-state index contributed by atoms with van der Waals surface area (Å²) in [5.41, 5.74) is 14.2. The van der Waals surface area contributed by atoms with Crippen molar-refractivity contribution in [2.45, 2.75) is 0 Å². The van der Waals surface area contributed by atoms with Crippen molar-refractivity contribution in [2.24, 2.45) is 0 Å². The topological polar surface area (TPSA) is 25.8 Å². The third kappa shape index (κ3) is 6.21. The summed E-state index contributed by atoms with van der Waals surface area (Å²) in [5, 5.41) is 2.57. The van der Waals surface area contributed by atoms with Crippen LogP contribution in [0.25, 0.3) is 98.6 Å². The van der Waals surface area contributed by atoms with E-state index in [9.17, 15) is 0 Å². The van der Waals surface area contributed by atoms with Crippen LogP contribution in [0.4, 0.5) is 0 Å². The Morgan fingerprint density at radius 2 is 0.745 bits per heavy atom. The molecule has 2 heterocycles. The molecule has 8 aromatic carbocycles. The third-order valence-corrected chi connectivity index (χ3v) is 11.5. The smallest absolute Gasteiger partial charge is 0.160 e. The second-order valence-corrected chi connectivity index (χ2v) is 14.8. The lowest BCUT2D eigenvalue weighted by Gasteiger charge is -2.16. The minimum atomic E-state index is 0.694. The van der Waals surface area contributed by atoms with Gasteiger partial charge >= 0.3 is 0 Å². The second-order valence-electron chi connectivity index (χ2n) is 13.7. The Bertz CT molecular complexity index is 2970. The highest BCUT2D eigenvalue weighted by atomic mass is 32.1. The van der Waals surface area contributed by atoms with Crippen molar-refractivity contribution in [1.29, 1.82) is 0 Å². The maximum absolute atomic E-state index is 5.34. The molecule has 258 valence electrons. The lowest BCUT2D eigenvalue weighted by molar-refractivity contribution is 1.18. The Morgan fingerprint density at radius 1 is 0.291 bits per heavy atom. The van der Waals surface area contributed by atoms with Gasteiger partial charge in [-0.2, -0.15) is 0 Å². The first-order valence-corrected chi connectivity index (χ1v) is 19.4. The molecule has 0 radical (unpaired) electrons. The zero-order valence-corrected chi connectivity index (χ0v) is 30.7. The Morgan fingerprint density at radius 3 is 1.42 bits per heavy atom. The second kappa shape index (κ2) is 14.1. The van der Waals surface area contributed by atoms with Crippen molar-refractivity contribution >= 4 is 31.5 Å². The van der Waals surface area contributed by atoms with Gasteiger partial charge in [0.2, 0.25) is 0 Å². The highest BCUT2D eigenvalue weighted by Crippen LogP contribution is 2.43. The van der Waals surface area contributed by atoms with Gasteiger partial charge in [0.05, 0.1) is 11.4 Å².